The molecule has 0 aromatic heterocycles. The van der Waals surface area contributed by atoms with Gasteiger partial charge in [0.1, 0.15) is 6.04 Å². The topological polar surface area (TPSA) is 63.7 Å². The molecule has 1 amide bonds. The fraction of sp³-hybridized carbons (Fsp3) is 0.417. The first-order valence-electron chi connectivity index (χ1n) is 10.5. The number of nitrogens with zero attached hydrogens (tertiary/aromatic N) is 1. The van der Waals surface area contributed by atoms with Crippen molar-refractivity contribution in [3.05, 3.63) is 66.2 Å². The van der Waals surface area contributed by atoms with Gasteiger partial charge < -0.3 is 9.64 Å². The second-order valence-corrected chi connectivity index (χ2v) is 10.4. The molecule has 166 valence electrons. The van der Waals surface area contributed by atoms with E-state index in [2.05, 4.69) is 0 Å². The van der Waals surface area contributed by atoms with E-state index in [4.69, 9.17) is 4.74 Å². The third-order valence-electron chi connectivity index (χ3n) is 5.47. The average Bonchev–Trinajstić information content (AvgIpc) is 3.31. The number of thioether (sulfide) groups is 1. The maximum Gasteiger partial charge on any atom is 0.328 e. The zero-order valence-corrected chi connectivity index (χ0v) is 19.6. The van der Waals surface area contributed by atoms with Crippen LogP contribution < -0.4 is 0 Å². The molecule has 0 bridgehead atoms. The molecule has 1 saturated heterocycles. The van der Waals surface area contributed by atoms with Crippen molar-refractivity contribution in [1.29, 1.82) is 0 Å². The third-order valence-corrected chi connectivity index (χ3v) is 8.68. The summed E-state index contributed by atoms with van der Waals surface area (Å²) in [5, 5.41) is -0.162. The molecule has 2 aromatic carbocycles. The average molecular weight is 460 g/mol. The van der Waals surface area contributed by atoms with Gasteiger partial charge in [0.2, 0.25) is 5.91 Å². The van der Waals surface area contributed by atoms with Gasteiger partial charge >= 0.3 is 5.97 Å². The molecule has 0 spiro atoms. The molecule has 4 atom stereocenters. The Morgan fingerprint density at radius 2 is 1.74 bits per heavy atom. The summed E-state index contributed by atoms with van der Waals surface area (Å²) in [5.41, 5.74) is 1.03. The zero-order chi connectivity index (χ0) is 22.2. The first kappa shape index (κ1) is 23.5. The van der Waals surface area contributed by atoms with Crippen LogP contribution in [0.3, 0.4) is 0 Å². The summed E-state index contributed by atoms with van der Waals surface area (Å²) in [6.07, 6.45) is 1.47. The molecular weight excluding hydrogens is 430 g/mol. The van der Waals surface area contributed by atoms with E-state index in [1.54, 1.807) is 16.7 Å². The van der Waals surface area contributed by atoms with Crippen LogP contribution in [0.1, 0.15) is 30.6 Å². The molecule has 1 aliphatic rings. The van der Waals surface area contributed by atoms with E-state index in [1.165, 1.54) is 7.11 Å². The number of carbonyl (C=O) groups excluding carboxylic acids is 2. The lowest BCUT2D eigenvalue weighted by Crippen LogP contribution is -2.44. The summed E-state index contributed by atoms with van der Waals surface area (Å²) in [6.45, 7) is 2.49. The van der Waals surface area contributed by atoms with Gasteiger partial charge in [-0.3, -0.25) is 9.00 Å². The van der Waals surface area contributed by atoms with E-state index in [1.807, 2.05) is 67.6 Å². The first-order valence-corrected chi connectivity index (χ1v) is 12.9. The molecule has 0 aliphatic carbocycles. The van der Waals surface area contributed by atoms with Crippen molar-refractivity contribution in [3.8, 4) is 0 Å². The van der Waals surface area contributed by atoms with E-state index < -0.39 is 16.8 Å². The van der Waals surface area contributed by atoms with Crippen LogP contribution in [-0.4, -0.2) is 52.2 Å². The molecule has 31 heavy (non-hydrogen) atoms. The molecule has 2 aromatic rings. The predicted octanol–water partition coefficient (Wildman–Crippen LogP) is 4.07. The molecular formula is C24H29NO4S2. The Labute approximate surface area is 191 Å². The lowest BCUT2D eigenvalue weighted by atomic mass is 10.1. The minimum atomic E-state index is -1.19. The molecule has 3 rings (SSSR count). The minimum absolute atomic E-state index is 0.0131. The van der Waals surface area contributed by atoms with Gasteiger partial charge in [0.05, 0.1) is 23.2 Å². The van der Waals surface area contributed by atoms with Gasteiger partial charge in [0.15, 0.2) is 0 Å². The molecule has 0 N–H and O–H groups in total. The van der Waals surface area contributed by atoms with Crippen LogP contribution in [0.5, 0.6) is 0 Å². The second kappa shape index (κ2) is 11.5. The normalized spacial score (nSPS) is 18.9. The molecule has 0 unspecified atom stereocenters. The van der Waals surface area contributed by atoms with E-state index in [0.717, 1.165) is 16.9 Å². The van der Waals surface area contributed by atoms with E-state index in [-0.39, 0.29) is 23.0 Å². The van der Waals surface area contributed by atoms with E-state index in [0.29, 0.717) is 24.5 Å². The van der Waals surface area contributed by atoms with Crippen LogP contribution in [0.2, 0.25) is 0 Å². The number of hydrogen-bond donors (Lipinski definition) is 0. The Bertz CT molecular complexity index is 891. The van der Waals surface area contributed by atoms with Crippen LogP contribution in [0.25, 0.3) is 0 Å². The number of rotatable bonds is 9. The lowest BCUT2D eigenvalue weighted by molar-refractivity contribution is -0.151. The fourth-order valence-electron chi connectivity index (χ4n) is 3.79. The zero-order valence-electron chi connectivity index (χ0n) is 17.9. The highest BCUT2D eigenvalue weighted by atomic mass is 32.2. The van der Waals surface area contributed by atoms with Gasteiger partial charge in [-0.1, -0.05) is 55.5 Å². The number of hydrogen-bond acceptors (Lipinski definition) is 5. The monoisotopic (exact) mass is 459 g/mol. The van der Waals surface area contributed by atoms with Crippen LogP contribution in [-0.2, 0) is 25.1 Å². The van der Waals surface area contributed by atoms with Crippen molar-refractivity contribution in [3.63, 3.8) is 0 Å². The van der Waals surface area contributed by atoms with Crippen LogP contribution in [0.4, 0.5) is 0 Å². The standard InChI is InChI=1S/C24H29NO4S2/c1-18(23(26)25-15-9-14-21(25)24(27)29-2)16-30-17-22(19-10-5-3-6-11-19)31(28)20-12-7-4-8-13-20/h3-8,10-13,18,21-22H,9,14-17H2,1-2H3/t18-,21+,22+,31+/m1/s1. The molecule has 1 heterocycles. The maximum atomic E-state index is 13.3. The van der Waals surface area contributed by atoms with Gasteiger partial charge in [-0.2, -0.15) is 11.8 Å². The molecule has 1 aliphatic heterocycles. The largest absolute Gasteiger partial charge is 0.467 e. The second-order valence-electron chi connectivity index (χ2n) is 7.66. The first-order chi connectivity index (χ1) is 15.0. The van der Waals surface area contributed by atoms with E-state index >= 15 is 0 Å². The lowest BCUT2D eigenvalue weighted by Gasteiger charge is -2.26. The Kier molecular flexibility index (Phi) is 8.72. The number of ether oxygens (including phenoxy) is 1. The van der Waals surface area contributed by atoms with Gasteiger partial charge in [-0.05, 0) is 30.5 Å². The fourth-order valence-corrected chi connectivity index (χ4v) is 6.77. The number of carbonyl (C=O) groups is 2. The number of amides is 1. The van der Waals surface area contributed by atoms with Crippen LogP contribution in [0.15, 0.2) is 65.6 Å². The quantitative estimate of drug-likeness (QED) is 0.529. The highest BCUT2D eigenvalue weighted by molar-refractivity contribution is 8.00. The van der Waals surface area contributed by atoms with Crippen LogP contribution >= 0.6 is 11.8 Å². The summed E-state index contributed by atoms with van der Waals surface area (Å²) in [7, 11) is 0.170. The predicted molar refractivity (Wildman–Crippen MR) is 125 cm³/mol. The van der Waals surface area contributed by atoms with Crippen LogP contribution in [0, 0.1) is 5.92 Å². The summed E-state index contributed by atoms with van der Waals surface area (Å²) >= 11 is 1.63. The Balaban J connectivity index is 1.63. The highest BCUT2D eigenvalue weighted by Crippen LogP contribution is 2.30. The van der Waals surface area contributed by atoms with Crippen molar-refractivity contribution in [2.45, 2.75) is 36.0 Å². The molecule has 0 saturated carbocycles. The summed E-state index contributed by atoms with van der Waals surface area (Å²) in [6, 6.07) is 18.9. The Hall–Kier alpha value is -2.12. The highest BCUT2D eigenvalue weighted by Gasteiger charge is 2.36. The van der Waals surface area contributed by atoms with Gasteiger partial charge in [-0.15, -0.1) is 0 Å². The number of methoxy groups -OCH3 is 1. The minimum Gasteiger partial charge on any atom is -0.467 e. The number of esters is 1. The smallest absolute Gasteiger partial charge is 0.328 e. The molecule has 7 heteroatoms. The Morgan fingerprint density at radius 3 is 2.39 bits per heavy atom. The number of benzene rings is 2. The van der Waals surface area contributed by atoms with Gasteiger partial charge in [0, 0.05) is 28.9 Å². The van der Waals surface area contributed by atoms with Crippen molar-refractivity contribution in [1.82, 2.24) is 4.90 Å². The SMILES string of the molecule is COC(=O)[C@@H]1CCCN1C(=O)[C@H](C)CSC[C@@H](c1ccccc1)[S@@](=O)c1ccccc1. The Morgan fingerprint density at radius 1 is 1.10 bits per heavy atom. The van der Waals surface area contributed by atoms with Gasteiger partial charge in [0.25, 0.3) is 0 Å². The van der Waals surface area contributed by atoms with Crippen molar-refractivity contribution < 1.29 is 18.5 Å². The summed E-state index contributed by atoms with van der Waals surface area (Å²) in [5.74, 6) is 0.674. The summed E-state index contributed by atoms with van der Waals surface area (Å²) < 4.78 is 18.1. The van der Waals surface area contributed by atoms with Crippen molar-refractivity contribution >= 4 is 34.4 Å². The van der Waals surface area contributed by atoms with Crippen molar-refractivity contribution in [2.75, 3.05) is 25.2 Å². The number of likely N-dealkylation sites (tertiary alicyclic amines) is 1. The molecule has 1 fully saturated rings. The molecule has 0 radical (unpaired) electrons. The van der Waals surface area contributed by atoms with E-state index in [9.17, 15) is 13.8 Å². The maximum absolute atomic E-state index is 13.3. The molecule has 5 nitrogen and oxygen atoms in total. The third kappa shape index (κ3) is 5.98. The summed E-state index contributed by atoms with van der Waals surface area (Å²) in [4.78, 5) is 27.4. The van der Waals surface area contributed by atoms with Crippen molar-refractivity contribution in [2.24, 2.45) is 5.92 Å². The van der Waals surface area contributed by atoms with Gasteiger partial charge in [-0.25, -0.2) is 4.79 Å².